The van der Waals surface area contributed by atoms with Gasteiger partial charge in [0.25, 0.3) is 0 Å². The molecule has 0 spiro atoms. The molecule has 0 radical (unpaired) electrons. The summed E-state index contributed by atoms with van der Waals surface area (Å²) in [6.45, 7) is 0. The predicted molar refractivity (Wildman–Crippen MR) is 75.1 cm³/mol. The van der Waals surface area contributed by atoms with Crippen LogP contribution in [0.1, 0.15) is 5.69 Å². The van der Waals surface area contributed by atoms with E-state index in [2.05, 4.69) is 15.2 Å². The summed E-state index contributed by atoms with van der Waals surface area (Å²) in [7, 11) is -4.08. The van der Waals surface area contributed by atoms with Gasteiger partial charge in [-0.15, -0.1) is 0 Å². The van der Waals surface area contributed by atoms with Crippen LogP contribution in [-0.2, 0) is 10.7 Å². The number of nitrogens with zero attached hydrogens (tertiary/aromatic N) is 2. The molecule has 0 fully saturated rings. The van der Waals surface area contributed by atoms with E-state index < -0.39 is 7.60 Å². The van der Waals surface area contributed by atoms with E-state index in [0.29, 0.717) is 5.69 Å². The Morgan fingerprint density at radius 1 is 1.15 bits per heavy atom. The zero-order valence-electron chi connectivity index (χ0n) is 10.4. The SMILES string of the molecule is O=P(O)(O)Cc1ccc(-c2cccc3[nH]ncc23)cn1. The fourth-order valence-electron chi connectivity index (χ4n) is 2.11. The van der Waals surface area contributed by atoms with Gasteiger partial charge in [0.1, 0.15) is 0 Å². The number of nitrogens with one attached hydrogen (secondary N) is 1. The molecule has 1 aromatic carbocycles. The van der Waals surface area contributed by atoms with Crippen LogP contribution in [0.3, 0.4) is 0 Å². The van der Waals surface area contributed by atoms with Gasteiger partial charge in [-0.05, 0) is 17.7 Å². The zero-order valence-corrected chi connectivity index (χ0v) is 11.3. The molecular weight excluding hydrogens is 277 g/mol. The molecule has 2 heterocycles. The maximum atomic E-state index is 10.9. The van der Waals surface area contributed by atoms with Crippen molar-refractivity contribution in [1.29, 1.82) is 0 Å². The number of aromatic amines is 1. The summed E-state index contributed by atoms with van der Waals surface area (Å²) in [4.78, 5) is 22.0. The topological polar surface area (TPSA) is 99.1 Å². The van der Waals surface area contributed by atoms with Gasteiger partial charge < -0.3 is 9.79 Å². The second-order valence-electron chi connectivity index (χ2n) is 4.50. The average molecular weight is 289 g/mol. The summed E-state index contributed by atoms with van der Waals surface area (Å²) in [5, 5.41) is 7.89. The Kier molecular flexibility index (Phi) is 3.14. The average Bonchev–Trinajstić information content (AvgIpc) is 2.86. The summed E-state index contributed by atoms with van der Waals surface area (Å²) < 4.78 is 10.9. The molecule has 0 aliphatic carbocycles. The van der Waals surface area contributed by atoms with Crippen LogP contribution in [0, 0.1) is 0 Å². The Morgan fingerprint density at radius 2 is 2.00 bits per heavy atom. The molecule has 3 rings (SSSR count). The van der Waals surface area contributed by atoms with E-state index in [1.807, 2.05) is 18.2 Å². The highest BCUT2D eigenvalue weighted by Gasteiger charge is 2.15. The van der Waals surface area contributed by atoms with Gasteiger partial charge in [0, 0.05) is 17.1 Å². The van der Waals surface area contributed by atoms with E-state index in [1.54, 1.807) is 24.5 Å². The van der Waals surface area contributed by atoms with Crippen molar-refractivity contribution in [3.63, 3.8) is 0 Å². The van der Waals surface area contributed by atoms with Crippen molar-refractivity contribution in [1.82, 2.24) is 15.2 Å². The molecule has 6 nitrogen and oxygen atoms in total. The minimum absolute atomic E-state index is 0.344. The number of hydrogen-bond acceptors (Lipinski definition) is 3. The molecule has 0 aliphatic heterocycles. The van der Waals surface area contributed by atoms with Crippen molar-refractivity contribution < 1.29 is 14.4 Å². The Balaban J connectivity index is 1.99. The van der Waals surface area contributed by atoms with Crippen molar-refractivity contribution in [3.05, 3.63) is 48.4 Å². The van der Waals surface area contributed by atoms with Crippen LogP contribution in [0.4, 0.5) is 0 Å². The lowest BCUT2D eigenvalue weighted by Gasteiger charge is -2.06. The van der Waals surface area contributed by atoms with E-state index in [0.717, 1.165) is 22.0 Å². The number of fused-ring (bicyclic) bond motifs is 1. The van der Waals surface area contributed by atoms with Gasteiger partial charge >= 0.3 is 7.60 Å². The Hall–Kier alpha value is -2.01. The highest BCUT2D eigenvalue weighted by atomic mass is 31.2. The van der Waals surface area contributed by atoms with Crippen LogP contribution in [-0.4, -0.2) is 25.0 Å². The molecule has 0 bridgehead atoms. The van der Waals surface area contributed by atoms with Gasteiger partial charge in [0.2, 0.25) is 0 Å². The van der Waals surface area contributed by atoms with Gasteiger partial charge in [-0.1, -0.05) is 18.2 Å². The summed E-state index contributed by atoms with van der Waals surface area (Å²) in [6.07, 6.45) is 3.02. The normalized spacial score (nSPS) is 11.9. The van der Waals surface area contributed by atoms with Crippen LogP contribution < -0.4 is 0 Å². The number of benzene rings is 1. The van der Waals surface area contributed by atoms with Gasteiger partial charge in [-0.3, -0.25) is 14.6 Å². The second kappa shape index (κ2) is 4.83. The fourth-order valence-corrected chi connectivity index (χ4v) is 2.72. The first-order valence-electron chi connectivity index (χ1n) is 5.95. The molecular formula is C13H12N3O3P. The Labute approximate surface area is 114 Å². The standard InChI is InChI=1S/C13H12N3O3P/c17-20(18,19)8-10-5-4-9(6-14-10)11-2-1-3-13-12(11)7-15-16-13/h1-7H,8H2,(H,15,16)(H2,17,18,19). The molecule has 20 heavy (non-hydrogen) atoms. The number of rotatable bonds is 3. The van der Waals surface area contributed by atoms with Crippen LogP contribution in [0.15, 0.2) is 42.7 Å². The minimum Gasteiger partial charge on any atom is -0.324 e. The number of H-pyrrole nitrogens is 1. The highest BCUT2D eigenvalue weighted by Crippen LogP contribution is 2.38. The number of aromatic nitrogens is 3. The molecule has 0 unspecified atom stereocenters. The quantitative estimate of drug-likeness (QED) is 0.642. The van der Waals surface area contributed by atoms with Crippen molar-refractivity contribution in [3.8, 4) is 11.1 Å². The number of hydrogen-bond donors (Lipinski definition) is 3. The van der Waals surface area contributed by atoms with E-state index in [1.165, 1.54) is 0 Å². The van der Waals surface area contributed by atoms with Crippen LogP contribution in [0.25, 0.3) is 22.0 Å². The van der Waals surface area contributed by atoms with Crippen molar-refractivity contribution in [2.45, 2.75) is 6.16 Å². The minimum atomic E-state index is -4.08. The molecule has 102 valence electrons. The molecule has 2 aromatic heterocycles. The highest BCUT2D eigenvalue weighted by molar-refractivity contribution is 7.50. The molecule has 3 aromatic rings. The van der Waals surface area contributed by atoms with E-state index >= 15 is 0 Å². The van der Waals surface area contributed by atoms with E-state index in [4.69, 9.17) is 9.79 Å². The zero-order chi connectivity index (χ0) is 14.2. The van der Waals surface area contributed by atoms with Gasteiger partial charge in [-0.2, -0.15) is 5.10 Å². The largest absolute Gasteiger partial charge is 0.331 e. The van der Waals surface area contributed by atoms with E-state index in [9.17, 15) is 4.57 Å². The second-order valence-corrected chi connectivity index (χ2v) is 6.14. The summed E-state index contributed by atoms with van der Waals surface area (Å²) in [5.41, 5.74) is 3.17. The third kappa shape index (κ3) is 2.63. The predicted octanol–water partition coefficient (Wildman–Crippen LogP) is 2.30. The van der Waals surface area contributed by atoms with Crippen LogP contribution in [0.2, 0.25) is 0 Å². The summed E-state index contributed by atoms with van der Waals surface area (Å²) in [5.74, 6) is 0. The summed E-state index contributed by atoms with van der Waals surface area (Å²) in [6, 6.07) is 9.24. The van der Waals surface area contributed by atoms with E-state index in [-0.39, 0.29) is 6.16 Å². The number of pyridine rings is 1. The van der Waals surface area contributed by atoms with Crippen molar-refractivity contribution in [2.75, 3.05) is 0 Å². The summed E-state index contributed by atoms with van der Waals surface area (Å²) >= 11 is 0. The third-order valence-electron chi connectivity index (χ3n) is 2.99. The first kappa shape index (κ1) is 13.0. The maximum Gasteiger partial charge on any atom is 0.331 e. The van der Waals surface area contributed by atoms with Crippen LogP contribution >= 0.6 is 7.60 Å². The molecule has 0 atom stereocenters. The monoisotopic (exact) mass is 289 g/mol. The first-order chi connectivity index (χ1) is 9.53. The smallest absolute Gasteiger partial charge is 0.324 e. The molecule has 0 saturated carbocycles. The lowest BCUT2D eigenvalue weighted by atomic mass is 10.0. The molecule has 0 amide bonds. The Bertz CT molecular complexity index is 792. The maximum absolute atomic E-state index is 10.9. The van der Waals surface area contributed by atoms with Crippen molar-refractivity contribution >= 4 is 18.5 Å². The molecule has 0 saturated heterocycles. The van der Waals surface area contributed by atoms with Crippen molar-refractivity contribution in [2.24, 2.45) is 0 Å². The fraction of sp³-hybridized carbons (Fsp3) is 0.0769. The lowest BCUT2D eigenvalue weighted by molar-refractivity contribution is 0.371. The van der Waals surface area contributed by atoms with Crippen LogP contribution in [0.5, 0.6) is 0 Å². The molecule has 0 aliphatic rings. The molecule has 3 N–H and O–H groups in total. The first-order valence-corrected chi connectivity index (χ1v) is 7.75. The lowest BCUT2D eigenvalue weighted by Crippen LogP contribution is -1.91. The van der Waals surface area contributed by atoms with Gasteiger partial charge in [0.15, 0.2) is 0 Å². The molecule has 7 heteroatoms. The van der Waals surface area contributed by atoms with Gasteiger partial charge in [0.05, 0.1) is 23.6 Å². The third-order valence-corrected chi connectivity index (χ3v) is 3.72. The Morgan fingerprint density at radius 3 is 2.70 bits per heavy atom. The van der Waals surface area contributed by atoms with Gasteiger partial charge in [-0.25, -0.2) is 0 Å².